The number of nitrogens with zero attached hydrogens (tertiary/aromatic N) is 2. The number of rotatable bonds is 7. The second-order valence-electron chi connectivity index (χ2n) is 7.88. The molecular weight excluding hydrogens is 432 g/mol. The number of carbonyl (C=O) groups is 1. The van der Waals surface area contributed by atoms with Crippen LogP contribution in [0.25, 0.3) is 11.3 Å². The maximum Gasteiger partial charge on any atom is 0.408 e. The van der Waals surface area contributed by atoms with E-state index in [1.165, 1.54) is 11.3 Å². The third kappa shape index (κ3) is 7.70. The number of ether oxygens (including phenoxy) is 1. The first-order valence-electron chi connectivity index (χ1n) is 9.82. The van der Waals surface area contributed by atoms with Gasteiger partial charge in [-0.05, 0) is 44.9 Å². The van der Waals surface area contributed by atoms with Crippen LogP contribution >= 0.6 is 22.9 Å². The molecule has 2 aromatic carbocycles. The van der Waals surface area contributed by atoms with Crippen molar-refractivity contribution in [2.45, 2.75) is 38.8 Å². The number of halogens is 1. The average Bonchev–Trinajstić information content (AvgIpc) is 3.16. The Labute approximate surface area is 191 Å². The van der Waals surface area contributed by atoms with Crippen molar-refractivity contribution in [3.05, 3.63) is 70.6 Å². The molecule has 0 saturated carbocycles. The summed E-state index contributed by atoms with van der Waals surface area (Å²) in [6, 6.07) is 17.0. The van der Waals surface area contributed by atoms with Crippen LogP contribution in [0.2, 0.25) is 5.02 Å². The summed E-state index contributed by atoms with van der Waals surface area (Å²) in [5.74, 6) is 0. The van der Waals surface area contributed by atoms with Gasteiger partial charge in [0, 0.05) is 22.2 Å². The molecule has 8 heteroatoms. The molecule has 0 spiro atoms. The van der Waals surface area contributed by atoms with Gasteiger partial charge in [0.15, 0.2) is 0 Å². The van der Waals surface area contributed by atoms with Gasteiger partial charge in [0.25, 0.3) is 0 Å². The Morgan fingerprint density at radius 2 is 1.90 bits per heavy atom. The van der Waals surface area contributed by atoms with E-state index in [2.05, 4.69) is 20.8 Å². The molecule has 1 atom stereocenters. The van der Waals surface area contributed by atoms with E-state index in [4.69, 9.17) is 16.3 Å². The van der Waals surface area contributed by atoms with Crippen molar-refractivity contribution >= 4 is 40.4 Å². The van der Waals surface area contributed by atoms with Crippen LogP contribution in [0.15, 0.2) is 65.1 Å². The number of nitrogens with one attached hydrogen (secondary N) is 2. The quantitative estimate of drug-likeness (QED) is 0.338. The van der Waals surface area contributed by atoms with Crippen LogP contribution in [0, 0.1) is 0 Å². The highest BCUT2D eigenvalue weighted by Crippen LogP contribution is 2.25. The molecular formula is C23H25ClN4O2S. The van der Waals surface area contributed by atoms with E-state index in [9.17, 15) is 4.79 Å². The zero-order chi connectivity index (χ0) is 22.3. The topological polar surface area (TPSA) is 75.6 Å². The van der Waals surface area contributed by atoms with Crippen molar-refractivity contribution in [2.75, 3.05) is 5.43 Å². The molecule has 0 radical (unpaired) electrons. The van der Waals surface area contributed by atoms with Gasteiger partial charge in [-0.15, -0.1) is 11.3 Å². The van der Waals surface area contributed by atoms with E-state index in [-0.39, 0.29) is 6.04 Å². The zero-order valence-corrected chi connectivity index (χ0v) is 19.2. The number of hydrogen-bond donors (Lipinski definition) is 2. The van der Waals surface area contributed by atoms with Crippen LogP contribution in [-0.4, -0.2) is 28.9 Å². The van der Waals surface area contributed by atoms with Crippen LogP contribution in [-0.2, 0) is 11.2 Å². The summed E-state index contributed by atoms with van der Waals surface area (Å²) in [6.45, 7) is 5.49. The van der Waals surface area contributed by atoms with Gasteiger partial charge in [0.05, 0.1) is 11.7 Å². The Morgan fingerprint density at radius 1 is 1.19 bits per heavy atom. The number of hydrogen-bond acceptors (Lipinski definition) is 6. The van der Waals surface area contributed by atoms with Gasteiger partial charge < -0.3 is 10.1 Å². The second-order valence-corrected chi connectivity index (χ2v) is 9.17. The molecule has 0 aliphatic heterocycles. The highest BCUT2D eigenvalue weighted by Gasteiger charge is 2.19. The van der Waals surface area contributed by atoms with Crippen molar-refractivity contribution in [3.8, 4) is 11.3 Å². The molecule has 0 bridgehead atoms. The molecule has 31 heavy (non-hydrogen) atoms. The summed E-state index contributed by atoms with van der Waals surface area (Å²) in [7, 11) is 0. The molecule has 1 amide bonds. The molecule has 0 fully saturated rings. The van der Waals surface area contributed by atoms with Gasteiger partial charge in [-0.1, -0.05) is 54.1 Å². The third-order valence-electron chi connectivity index (χ3n) is 4.06. The van der Waals surface area contributed by atoms with Crippen LogP contribution in [0.1, 0.15) is 26.3 Å². The summed E-state index contributed by atoms with van der Waals surface area (Å²) in [6.07, 6.45) is 1.75. The number of carbonyl (C=O) groups excluding carboxylic acids is 1. The molecule has 1 aromatic heterocycles. The largest absolute Gasteiger partial charge is 0.444 e. The minimum absolute atomic E-state index is 0.347. The summed E-state index contributed by atoms with van der Waals surface area (Å²) in [4.78, 5) is 16.8. The van der Waals surface area contributed by atoms with Crippen LogP contribution in [0.5, 0.6) is 0 Å². The average molecular weight is 457 g/mol. The Balaban J connectivity index is 1.65. The summed E-state index contributed by atoms with van der Waals surface area (Å²) in [5, 5.41) is 10.4. The maximum absolute atomic E-state index is 12.2. The zero-order valence-electron chi connectivity index (χ0n) is 17.6. The fourth-order valence-electron chi connectivity index (χ4n) is 2.73. The predicted molar refractivity (Wildman–Crippen MR) is 128 cm³/mol. The highest BCUT2D eigenvalue weighted by atomic mass is 35.5. The molecule has 162 valence electrons. The molecule has 0 saturated heterocycles. The van der Waals surface area contributed by atoms with Crippen molar-refractivity contribution in [1.82, 2.24) is 10.3 Å². The van der Waals surface area contributed by atoms with Crippen molar-refractivity contribution in [3.63, 3.8) is 0 Å². The number of alkyl carbamates (subject to hydrolysis) is 1. The number of thiazole rings is 1. The lowest BCUT2D eigenvalue weighted by Gasteiger charge is -2.22. The molecule has 6 nitrogen and oxygen atoms in total. The van der Waals surface area contributed by atoms with E-state index >= 15 is 0 Å². The molecule has 2 N–H and O–H groups in total. The smallest absolute Gasteiger partial charge is 0.408 e. The minimum atomic E-state index is -0.574. The Morgan fingerprint density at radius 3 is 2.58 bits per heavy atom. The van der Waals surface area contributed by atoms with Crippen LogP contribution in [0.4, 0.5) is 9.93 Å². The Hall–Kier alpha value is -2.90. The summed E-state index contributed by atoms with van der Waals surface area (Å²) < 4.78 is 5.38. The van der Waals surface area contributed by atoms with Crippen molar-refractivity contribution in [2.24, 2.45) is 5.10 Å². The standard InChI is InChI=1S/C23H25ClN4O2S/c1-23(2,3)30-22(29)26-19(13-16-7-5-4-6-8-16)14-25-28-21-27-20(15-31-21)17-9-11-18(24)12-10-17/h4-12,14-15,19H,13H2,1-3H3,(H,26,29)(H,27,28)/b25-14-/t19-/m1/s1. The fraction of sp³-hybridized carbons (Fsp3) is 0.261. The molecule has 3 aromatic rings. The first kappa shape index (κ1) is 22.8. The number of anilines is 1. The lowest BCUT2D eigenvalue weighted by molar-refractivity contribution is 0.0519. The van der Waals surface area contributed by atoms with E-state index < -0.39 is 11.7 Å². The molecule has 3 rings (SSSR count). The molecule has 0 aliphatic rings. The van der Waals surface area contributed by atoms with Gasteiger partial charge in [-0.2, -0.15) is 5.10 Å². The number of amides is 1. The SMILES string of the molecule is CC(C)(C)OC(=O)N[C@@H](/C=N\Nc1nc(-c2ccc(Cl)cc2)cs1)Cc1ccccc1. The summed E-state index contributed by atoms with van der Waals surface area (Å²) >= 11 is 7.39. The van der Waals surface area contributed by atoms with Gasteiger partial charge in [0.1, 0.15) is 5.60 Å². The minimum Gasteiger partial charge on any atom is -0.444 e. The lowest BCUT2D eigenvalue weighted by atomic mass is 10.1. The molecule has 0 aliphatic carbocycles. The van der Waals surface area contributed by atoms with Crippen molar-refractivity contribution < 1.29 is 9.53 Å². The monoisotopic (exact) mass is 456 g/mol. The lowest BCUT2D eigenvalue weighted by Crippen LogP contribution is -2.41. The summed E-state index contributed by atoms with van der Waals surface area (Å²) in [5.41, 5.74) is 5.26. The van der Waals surface area contributed by atoms with Crippen molar-refractivity contribution in [1.29, 1.82) is 0 Å². The number of benzene rings is 2. The van der Waals surface area contributed by atoms with Crippen LogP contribution < -0.4 is 10.7 Å². The fourth-order valence-corrected chi connectivity index (χ4v) is 3.52. The molecule has 1 heterocycles. The van der Waals surface area contributed by atoms with E-state index in [0.717, 1.165) is 16.8 Å². The number of hydrazone groups is 1. The van der Waals surface area contributed by atoms with E-state index in [0.29, 0.717) is 16.6 Å². The van der Waals surface area contributed by atoms with Gasteiger partial charge >= 0.3 is 6.09 Å². The first-order chi connectivity index (χ1) is 14.8. The highest BCUT2D eigenvalue weighted by molar-refractivity contribution is 7.14. The van der Waals surface area contributed by atoms with Gasteiger partial charge in [0.2, 0.25) is 5.13 Å². The Kier molecular flexibility index (Phi) is 7.65. The number of aromatic nitrogens is 1. The Bertz CT molecular complexity index is 1010. The van der Waals surface area contributed by atoms with Gasteiger partial charge in [-0.3, -0.25) is 5.43 Å². The third-order valence-corrected chi connectivity index (χ3v) is 5.06. The normalized spacial score (nSPS) is 12.5. The maximum atomic E-state index is 12.2. The predicted octanol–water partition coefficient (Wildman–Crippen LogP) is 6.00. The van der Waals surface area contributed by atoms with E-state index in [1.54, 1.807) is 6.21 Å². The van der Waals surface area contributed by atoms with Crippen LogP contribution in [0.3, 0.4) is 0 Å². The first-order valence-corrected chi connectivity index (χ1v) is 11.1. The second kappa shape index (κ2) is 10.4. The van der Waals surface area contributed by atoms with E-state index in [1.807, 2.05) is 80.7 Å². The van der Waals surface area contributed by atoms with Gasteiger partial charge in [-0.25, -0.2) is 9.78 Å². The molecule has 0 unspecified atom stereocenters.